The Bertz CT molecular complexity index is 591. The summed E-state index contributed by atoms with van der Waals surface area (Å²) in [4.78, 5) is 11.2. The molecule has 0 saturated carbocycles. The van der Waals surface area contributed by atoms with Crippen LogP contribution in [0.1, 0.15) is 31.4 Å². The minimum atomic E-state index is 0.479. The molecule has 1 unspecified atom stereocenters. The van der Waals surface area contributed by atoms with E-state index in [2.05, 4.69) is 46.1 Å². The second kappa shape index (κ2) is 6.22. The van der Waals surface area contributed by atoms with Crippen LogP contribution in [0, 0.1) is 0 Å². The molecule has 0 radical (unpaired) electrons. The monoisotopic (exact) mass is 283 g/mol. The lowest BCUT2D eigenvalue weighted by atomic mass is 10.0. The van der Waals surface area contributed by atoms with Gasteiger partial charge in [0.2, 0.25) is 5.88 Å². The maximum absolute atomic E-state index is 5.15. The molecular formula is C17H21N3O. The van der Waals surface area contributed by atoms with Crippen molar-refractivity contribution in [3.05, 3.63) is 42.1 Å². The van der Waals surface area contributed by atoms with Gasteiger partial charge in [-0.15, -0.1) is 0 Å². The van der Waals surface area contributed by atoms with Gasteiger partial charge in [0.25, 0.3) is 0 Å². The zero-order valence-corrected chi connectivity index (χ0v) is 12.6. The van der Waals surface area contributed by atoms with Gasteiger partial charge in [-0.2, -0.15) is 4.98 Å². The van der Waals surface area contributed by atoms with Crippen molar-refractivity contribution in [1.29, 1.82) is 0 Å². The Hall–Kier alpha value is -1.94. The van der Waals surface area contributed by atoms with Crippen LogP contribution in [0.4, 0.5) is 0 Å². The standard InChI is InChI=1S/C17H21N3O/c1-13(20-11-3-4-12-20)14-5-7-15(8-6-14)17-18-10-9-16(19-17)21-2/h5-10,13H,3-4,11-12H2,1-2H3. The molecule has 21 heavy (non-hydrogen) atoms. The molecule has 1 saturated heterocycles. The van der Waals surface area contributed by atoms with Crippen LogP contribution in [-0.2, 0) is 0 Å². The van der Waals surface area contributed by atoms with Gasteiger partial charge in [-0.3, -0.25) is 4.90 Å². The Morgan fingerprint density at radius 2 is 1.81 bits per heavy atom. The lowest BCUT2D eigenvalue weighted by Crippen LogP contribution is -2.23. The van der Waals surface area contributed by atoms with Crippen molar-refractivity contribution in [2.75, 3.05) is 20.2 Å². The maximum Gasteiger partial charge on any atom is 0.216 e. The first-order chi connectivity index (χ1) is 10.3. The fraction of sp³-hybridized carbons (Fsp3) is 0.412. The summed E-state index contributed by atoms with van der Waals surface area (Å²) in [6.07, 6.45) is 4.36. The van der Waals surface area contributed by atoms with Crippen LogP contribution in [0.15, 0.2) is 36.5 Å². The van der Waals surface area contributed by atoms with Crippen LogP contribution in [0.3, 0.4) is 0 Å². The van der Waals surface area contributed by atoms with E-state index in [-0.39, 0.29) is 0 Å². The van der Waals surface area contributed by atoms with Gasteiger partial charge < -0.3 is 4.74 Å². The van der Waals surface area contributed by atoms with Crippen molar-refractivity contribution in [2.24, 2.45) is 0 Å². The molecule has 1 aliphatic rings. The predicted octanol–water partition coefficient (Wildman–Crippen LogP) is 3.31. The van der Waals surface area contributed by atoms with Gasteiger partial charge >= 0.3 is 0 Å². The van der Waals surface area contributed by atoms with Gasteiger partial charge in [-0.25, -0.2) is 4.98 Å². The summed E-state index contributed by atoms with van der Waals surface area (Å²) in [5.74, 6) is 1.30. The van der Waals surface area contributed by atoms with Crippen LogP contribution in [-0.4, -0.2) is 35.1 Å². The van der Waals surface area contributed by atoms with Gasteiger partial charge in [-0.1, -0.05) is 24.3 Å². The van der Waals surface area contributed by atoms with E-state index < -0.39 is 0 Å². The van der Waals surface area contributed by atoms with E-state index in [1.807, 2.05) is 0 Å². The van der Waals surface area contributed by atoms with E-state index in [1.165, 1.54) is 31.5 Å². The minimum Gasteiger partial charge on any atom is -0.481 e. The van der Waals surface area contributed by atoms with Gasteiger partial charge in [0.15, 0.2) is 5.82 Å². The highest BCUT2D eigenvalue weighted by Gasteiger charge is 2.19. The van der Waals surface area contributed by atoms with E-state index in [9.17, 15) is 0 Å². The molecule has 1 aromatic heterocycles. The molecule has 1 atom stereocenters. The van der Waals surface area contributed by atoms with Gasteiger partial charge in [-0.05, 0) is 38.4 Å². The number of hydrogen-bond donors (Lipinski definition) is 0. The van der Waals surface area contributed by atoms with Crippen LogP contribution >= 0.6 is 0 Å². The summed E-state index contributed by atoms with van der Waals surface area (Å²) in [6.45, 7) is 4.70. The summed E-state index contributed by atoms with van der Waals surface area (Å²) in [5.41, 5.74) is 2.37. The lowest BCUT2D eigenvalue weighted by molar-refractivity contribution is 0.263. The van der Waals surface area contributed by atoms with Crippen molar-refractivity contribution in [3.8, 4) is 17.3 Å². The number of hydrogen-bond acceptors (Lipinski definition) is 4. The van der Waals surface area contributed by atoms with Crippen molar-refractivity contribution in [1.82, 2.24) is 14.9 Å². The Morgan fingerprint density at radius 3 is 2.48 bits per heavy atom. The first-order valence-corrected chi connectivity index (χ1v) is 7.49. The molecule has 3 rings (SSSR count). The van der Waals surface area contributed by atoms with Crippen molar-refractivity contribution in [3.63, 3.8) is 0 Å². The zero-order chi connectivity index (χ0) is 14.7. The van der Waals surface area contributed by atoms with Gasteiger partial charge in [0, 0.05) is 23.9 Å². The highest BCUT2D eigenvalue weighted by molar-refractivity contribution is 5.55. The molecule has 0 aliphatic carbocycles. The van der Waals surface area contributed by atoms with Gasteiger partial charge in [0.05, 0.1) is 7.11 Å². The molecule has 0 bridgehead atoms. The molecule has 1 fully saturated rings. The highest BCUT2D eigenvalue weighted by atomic mass is 16.5. The van der Waals surface area contributed by atoms with E-state index in [0.29, 0.717) is 17.7 Å². The number of ether oxygens (including phenoxy) is 1. The van der Waals surface area contributed by atoms with Crippen LogP contribution in [0.25, 0.3) is 11.4 Å². The molecule has 4 heteroatoms. The molecule has 2 heterocycles. The molecule has 4 nitrogen and oxygen atoms in total. The molecule has 110 valence electrons. The van der Waals surface area contributed by atoms with E-state index >= 15 is 0 Å². The number of nitrogens with zero attached hydrogens (tertiary/aromatic N) is 3. The molecule has 2 aromatic rings. The van der Waals surface area contributed by atoms with Crippen molar-refractivity contribution >= 4 is 0 Å². The Balaban J connectivity index is 1.79. The van der Waals surface area contributed by atoms with Gasteiger partial charge in [0.1, 0.15) is 0 Å². The summed E-state index contributed by atoms with van der Waals surface area (Å²) in [6, 6.07) is 10.8. The van der Waals surface area contributed by atoms with E-state index in [4.69, 9.17) is 4.74 Å². The number of likely N-dealkylation sites (tertiary alicyclic amines) is 1. The van der Waals surface area contributed by atoms with Crippen LogP contribution in [0.5, 0.6) is 5.88 Å². The summed E-state index contributed by atoms with van der Waals surface area (Å²) >= 11 is 0. The predicted molar refractivity (Wildman–Crippen MR) is 83.2 cm³/mol. The first kappa shape index (κ1) is 14.0. The van der Waals surface area contributed by atoms with Crippen molar-refractivity contribution < 1.29 is 4.74 Å². The Kier molecular flexibility index (Phi) is 4.15. The van der Waals surface area contributed by atoms with E-state index in [1.54, 1.807) is 19.4 Å². The zero-order valence-electron chi connectivity index (χ0n) is 12.6. The average Bonchev–Trinajstić information content (AvgIpc) is 3.09. The maximum atomic E-state index is 5.15. The quantitative estimate of drug-likeness (QED) is 0.863. The smallest absolute Gasteiger partial charge is 0.216 e. The molecular weight excluding hydrogens is 262 g/mol. The third kappa shape index (κ3) is 3.05. The second-order valence-corrected chi connectivity index (χ2v) is 5.46. The number of benzene rings is 1. The molecule has 0 amide bonds. The topological polar surface area (TPSA) is 38.2 Å². The van der Waals surface area contributed by atoms with Crippen molar-refractivity contribution in [2.45, 2.75) is 25.8 Å². The minimum absolute atomic E-state index is 0.479. The summed E-state index contributed by atoms with van der Waals surface area (Å²) in [7, 11) is 1.62. The molecule has 0 spiro atoms. The first-order valence-electron chi connectivity index (χ1n) is 7.49. The van der Waals surface area contributed by atoms with E-state index in [0.717, 1.165) is 5.56 Å². The number of rotatable bonds is 4. The Labute approximate surface area is 125 Å². The largest absolute Gasteiger partial charge is 0.481 e. The third-order valence-corrected chi connectivity index (χ3v) is 4.18. The lowest BCUT2D eigenvalue weighted by Gasteiger charge is -2.24. The van der Waals surface area contributed by atoms with Crippen LogP contribution < -0.4 is 4.74 Å². The molecule has 0 N–H and O–H groups in total. The fourth-order valence-corrected chi connectivity index (χ4v) is 2.85. The Morgan fingerprint density at radius 1 is 1.10 bits per heavy atom. The molecule has 1 aliphatic heterocycles. The third-order valence-electron chi connectivity index (χ3n) is 4.18. The summed E-state index contributed by atoms with van der Waals surface area (Å²) in [5, 5.41) is 0. The SMILES string of the molecule is COc1ccnc(-c2ccc(C(C)N3CCCC3)cc2)n1. The number of methoxy groups -OCH3 is 1. The fourth-order valence-electron chi connectivity index (χ4n) is 2.85. The normalized spacial score (nSPS) is 16.9. The van der Waals surface area contributed by atoms with Crippen LogP contribution in [0.2, 0.25) is 0 Å². The highest BCUT2D eigenvalue weighted by Crippen LogP contribution is 2.26. The average molecular weight is 283 g/mol. The molecule has 1 aromatic carbocycles. The number of aromatic nitrogens is 2. The second-order valence-electron chi connectivity index (χ2n) is 5.46. The summed E-state index contributed by atoms with van der Waals surface area (Å²) < 4.78 is 5.15.